The van der Waals surface area contributed by atoms with E-state index in [-0.39, 0.29) is 5.56 Å². The molecule has 0 aliphatic carbocycles. The van der Waals surface area contributed by atoms with Crippen molar-refractivity contribution in [1.29, 1.82) is 0 Å². The molecule has 0 aliphatic heterocycles. The van der Waals surface area contributed by atoms with Crippen molar-refractivity contribution in [2.75, 3.05) is 0 Å². The number of nitrogens with zero attached hydrogens (tertiary/aromatic N) is 1. The van der Waals surface area contributed by atoms with E-state index in [0.29, 0.717) is 0 Å². The Balaban J connectivity index is 2.98. The van der Waals surface area contributed by atoms with Gasteiger partial charge in [0, 0.05) is 23.9 Å². The van der Waals surface area contributed by atoms with E-state index in [4.69, 9.17) is 0 Å². The van der Waals surface area contributed by atoms with Crippen molar-refractivity contribution in [3.8, 4) is 0 Å². The normalized spacial score (nSPS) is 12.1. The van der Waals surface area contributed by atoms with Gasteiger partial charge in [0.1, 0.15) is 0 Å². The van der Waals surface area contributed by atoms with Crippen molar-refractivity contribution in [3.05, 3.63) is 30.1 Å². The summed E-state index contributed by atoms with van der Waals surface area (Å²) in [6, 6.07) is 2.69. The lowest BCUT2D eigenvalue weighted by Gasteiger charge is -2.20. The van der Waals surface area contributed by atoms with Gasteiger partial charge in [-0.2, -0.15) is 0 Å². The van der Waals surface area contributed by atoms with Crippen LogP contribution in [0.4, 0.5) is 8.78 Å². The number of rotatable bonds is 2. The van der Waals surface area contributed by atoms with Crippen molar-refractivity contribution < 1.29 is 8.78 Å². The van der Waals surface area contributed by atoms with Crippen molar-refractivity contribution in [1.82, 2.24) is 4.98 Å². The Bertz CT molecular complexity index is 244. The van der Waals surface area contributed by atoms with Crippen LogP contribution in [0.1, 0.15) is 19.4 Å². The van der Waals surface area contributed by atoms with E-state index in [0.717, 1.165) is 0 Å². The van der Waals surface area contributed by atoms with Gasteiger partial charge in [-0.15, -0.1) is 0 Å². The highest BCUT2D eigenvalue weighted by Crippen LogP contribution is 2.34. The Labute approximate surface area is 70.4 Å². The fourth-order valence-electron chi connectivity index (χ4n) is 0.907. The molecule has 1 aromatic rings. The largest absolute Gasteiger partial charge is 0.275 e. The van der Waals surface area contributed by atoms with Crippen LogP contribution in [0.25, 0.3) is 0 Å². The molecule has 1 aromatic heterocycles. The molecule has 66 valence electrons. The monoisotopic (exact) mass is 171 g/mol. The van der Waals surface area contributed by atoms with Gasteiger partial charge in [-0.05, 0) is 12.1 Å². The molecule has 0 saturated carbocycles. The third-order valence-corrected chi connectivity index (χ3v) is 1.79. The molecule has 0 spiro atoms. The lowest BCUT2D eigenvalue weighted by molar-refractivity contribution is -0.0514. The summed E-state index contributed by atoms with van der Waals surface area (Å²) in [5.41, 5.74) is 0.0347. The minimum absolute atomic E-state index is 0.0347. The van der Waals surface area contributed by atoms with E-state index in [9.17, 15) is 8.78 Å². The topological polar surface area (TPSA) is 12.9 Å². The van der Waals surface area contributed by atoms with Crippen LogP contribution in [0.5, 0.6) is 0 Å². The fourth-order valence-corrected chi connectivity index (χ4v) is 0.907. The molecule has 0 N–H and O–H groups in total. The molecule has 3 heteroatoms. The summed E-state index contributed by atoms with van der Waals surface area (Å²) >= 11 is 0. The van der Waals surface area contributed by atoms with Gasteiger partial charge >= 0.3 is 0 Å². The van der Waals surface area contributed by atoms with Gasteiger partial charge in [0.2, 0.25) is 0 Å². The zero-order chi connectivity index (χ0) is 9.19. The molecular formula is C9H11F2N. The molecule has 0 bridgehead atoms. The van der Waals surface area contributed by atoms with Crippen LogP contribution >= 0.6 is 0 Å². The molecule has 1 nitrogen and oxygen atoms in total. The Hall–Kier alpha value is -0.990. The molecule has 0 radical (unpaired) electrons. The maximum atomic E-state index is 13.3. The SMILES string of the molecule is CC(C)C(F)(F)c1ccncc1. The van der Waals surface area contributed by atoms with Gasteiger partial charge in [-0.1, -0.05) is 13.8 Å². The molecular weight excluding hydrogens is 160 g/mol. The minimum Gasteiger partial charge on any atom is -0.265 e. The van der Waals surface area contributed by atoms with Crippen LogP contribution in [-0.2, 0) is 5.92 Å². The average Bonchev–Trinajstić information content (AvgIpc) is 2.06. The van der Waals surface area contributed by atoms with E-state index in [1.165, 1.54) is 38.4 Å². The predicted octanol–water partition coefficient (Wildman–Crippen LogP) is 2.83. The Morgan fingerprint density at radius 2 is 1.75 bits per heavy atom. The summed E-state index contributed by atoms with van der Waals surface area (Å²) in [6.45, 7) is 3.00. The number of hydrogen-bond acceptors (Lipinski definition) is 1. The summed E-state index contributed by atoms with van der Waals surface area (Å²) in [7, 11) is 0. The van der Waals surface area contributed by atoms with Crippen molar-refractivity contribution >= 4 is 0 Å². The molecule has 0 unspecified atom stereocenters. The first kappa shape index (κ1) is 9.10. The van der Waals surface area contributed by atoms with Gasteiger partial charge in [-0.25, -0.2) is 8.78 Å². The molecule has 1 heterocycles. The highest BCUT2D eigenvalue weighted by Gasteiger charge is 2.35. The quantitative estimate of drug-likeness (QED) is 0.666. The smallest absolute Gasteiger partial charge is 0.265 e. The van der Waals surface area contributed by atoms with Gasteiger partial charge in [0.05, 0.1) is 0 Å². The number of pyridine rings is 1. The third-order valence-electron chi connectivity index (χ3n) is 1.79. The Morgan fingerprint density at radius 3 is 2.17 bits per heavy atom. The van der Waals surface area contributed by atoms with Crippen LogP contribution < -0.4 is 0 Å². The maximum absolute atomic E-state index is 13.3. The molecule has 0 atom stereocenters. The van der Waals surface area contributed by atoms with Crippen molar-refractivity contribution in [2.24, 2.45) is 5.92 Å². The van der Waals surface area contributed by atoms with Gasteiger partial charge in [0.15, 0.2) is 0 Å². The molecule has 0 saturated heterocycles. The van der Waals surface area contributed by atoms with Crippen LogP contribution in [0.3, 0.4) is 0 Å². The summed E-state index contributed by atoms with van der Waals surface area (Å²) in [6.07, 6.45) is 2.76. The summed E-state index contributed by atoms with van der Waals surface area (Å²) in [4.78, 5) is 3.68. The second-order valence-corrected chi connectivity index (χ2v) is 3.01. The Kier molecular flexibility index (Phi) is 2.40. The van der Waals surface area contributed by atoms with Gasteiger partial charge < -0.3 is 0 Å². The molecule has 0 aromatic carbocycles. The Morgan fingerprint density at radius 1 is 1.25 bits per heavy atom. The molecule has 0 aliphatic rings. The first-order valence-corrected chi connectivity index (χ1v) is 3.83. The number of halogens is 2. The van der Waals surface area contributed by atoms with Crippen LogP contribution in [0.2, 0.25) is 0 Å². The zero-order valence-corrected chi connectivity index (χ0v) is 7.09. The number of aromatic nitrogens is 1. The van der Waals surface area contributed by atoms with E-state index in [1.54, 1.807) is 0 Å². The van der Waals surface area contributed by atoms with Crippen LogP contribution in [0.15, 0.2) is 24.5 Å². The van der Waals surface area contributed by atoms with Crippen molar-refractivity contribution in [2.45, 2.75) is 19.8 Å². The van der Waals surface area contributed by atoms with Gasteiger partial charge in [-0.3, -0.25) is 4.98 Å². The zero-order valence-electron chi connectivity index (χ0n) is 7.09. The van der Waals surface area contributed by atoms with Crippen LogP contribution in [0, 0.1) is 5.92 Å². The first-order chi connectivity index (χ1) is 5.55. The lowest BCUT2D eigenvalue weighted by Crippen LogP contribution is -2.20. The summed E-state index contributed by atoms with van der Waals surface area (Å²) < 4.78 is 26.5. The second-order valence-electron chi connectivity index (χ2n) is 3.01. The fraction of sp³-hybridized carbons (Fsp3) is 0.444. The molecule has 1 rings (SSSR count). The minimum atomic E-state index is -2.75. The number of hydrogen-bond donors (Lipinski definition) is 0. The van der Waals surface area contributed by atoms with Crippen LogP contribution in [-0.4, -0.2) is 4.98 Å². The van der Waals surface area contributed by atoms with Gasteiger partial charge in [0.25, 0.3) is 5.92 Å². The maximum Gasteiger partial charge on any atom is 0.275 e. The first-order valence-electron chi connectivity index (χ1n) is 3.83. The highest BCUT2D eigenvalue weighted by atomic mass is 19.3. The van der Waals surface area contributed by atoms with Crippen molar-refractivity contribution in [3.63, 3.8) is 0 Å². The predicted molar refractivity (Wildman–Crippen MR) is 43.0 cm³/mol. The summed E-state index contributed by atoms with van der Waals surface area (Å²) in [5.74, 6) is -3.43. The summed E-state index contributed by atoms with van der Waals surface area (Å²) in [5, 5.41) is 0. The molecule has 0 fully saturated rings. The van der Waals surface area contributed by atoms with E-state index in [2.05, 4.69) is 4.98 Å². The standard InChI is InChI=1S/C9H11F2N/c1-7(2)9(10,11)8-3-5-12-6-4-8/h3-7H,1-2H3. The number of alkyl halides is 2. The van der Waals surface area contributed by atoms with E-state index in [1.807, 2.05) is 0 Å². The molecule has 12 heavy (non-hydrogen) atoms. The van der Waals surface area contributed by atoms with E-state index >= 15 is 0 Å². The third kappa shape index (κ3) is 1.60. The van der Waals surface area contributed by atoms with E-state index < -0.39 is 11.8 Å². The highest BCUT2D eigenvalue weighted by molar-refractivity contribution is 5.16. The lowest BCUT2D eigenvalue weighted by atomic mass is 9.99. The molecule has 0 amide bonds. The second kappa shape index (κ2) is 3.17. The average molecular weight is 171 g/mol.